The van der Waals surface area contributed by atoms with E-state index >= 15 is 0 Å². The van der Waals surface area contributed by atoms with Crippen LogP contribution in [0.25, 0.3) is 0 Å². The molecule has 1 heterocycles. The third-order valence-electron chi connectivity index (χ3n) is 3.83. The number of hydrogen-bond donors (Lipinski definition) is 0. The molecule has 0 saturated heterocycles. The van der Waals surface area contributed by atoms with Crippen LogP contribution >= 0.6 is 0 Å². The monoisotopic (exact) mass is 248 g/mol. The van der Waals surface area contributed by atoms with Crippen LogP contribution in [0.2, 0.25) is 0 Å². The lowest BCUT2D eigenvalue weighted by atomic mass is 9.72. The SMILES string of the molecule is COc1ccc2c(c1)OC1(CC2=O)CC(OC)C1. The highest BCUT2D eigenvalue weighted by Gasteiger charge is 2.51. The van der Waals surface area contributed by atoms with Gasteiger partial charge in [-0.2, -0.15) is 0 Å². The highest BCUT2D eigenvalue weighted by Crippen LogP contribution is 2.46. The van der Waals surface area contributed by atoms with Crippen LogP contribution in [-0.4, -0.2) is 31.7 Å². The van der Waals surface area contributed by atoms with Crippen LogP contribution in [-0.2, 0) is 4.74 Å². The van der Waals surface area contributed by atoms with Crippen LogP contribution in [0.1, 0.15) is 29.6 Å². The molecule has 1 aromatic rings. The number of methoxy groups -OCH3 is 2. The Labute approximate surface area is 106 Å². The first-order chi connectivity index (χ1) is 8.65. The Hall–Kier alpha value is -1.55. The quantitative estimate of drug-likeness (QED) is 0.805. The zero-order chi connectivity index (χ0) is 12.8. The molecule has 4 nitrogen and oxygen atoms in total. The van der Waals surface area contributed by atoms with E-state index < -0.39 is 0 Å². The van der Waals surface area contributed by atoms with Gasteiger partial charge in [0.15, 0.2) is 5.78 Å². The van der Waals surface area contributed by atoms with Crippen molar-refractivity contribution in [1.82, 2.24) is 0 Å². The van der Waals surface area contributed by atoms with Crippen molar-refractivity contribution in [2.24, 2.45) is 0 Å². The molecule has 0 unspecified atom stereocenters. The van der Waals surface area contributed by atoms with E-state index in [1.165, 1.54) is 0 Å². The van der Waals surface area contributed by atoms with Gasteiger partial charge in [0.2, 0.25) is 0 Å². The highest BCUT2D eigenvalue weighted by atomic mass is 16.5. The molecular formula is C14H16O4. The van der Waals surface area contributed by atoms with Crippen molar-refractivity contribution in [2.75, 3.05) is 14.2 Å². The predicted molar refractivity (Wildman–Crippen MR) is 65.3 cm³/mol. The Morgan fingerprint density at radius 2 is 2.11 bits per heavy atom. The number of hydrogen-bond acceptors (Lipinski definition) is 4. The molecule has 96 valence electrons. The van der Waals surface area contributed by atoms with Crippen molar-refractivity contribution in [3.05, 3.63) is 23.8 Å². The number of fused-ring (bicyclic) bond motifs is 1. The van der Waals surface area contributed by atoms with Gasteiger partial charge in [0, 0.05) is 26.0 Å². The lowest BCUT2D eigenvalue weighted by molar-refractivity contribution is -0.112. The van der Waals surface area contributed by atoms with E-state index in [9.17, 15) is 4.79 Å². The molecule has 1 aliphatic carbocycles. The van der Waals surface area contributed by atoms with Gasteiger partial charge in [-0.3, -0.25) is 4.79 Å². The van der Waals surface area contributed by atoms with Crippen LogP contribution in [0, 0.1) is 0 Å². The molecule has 0 bridgehead atoms. The molecule has 4 heteroatoms. The van der Waals surface area contributed by atoms with Gasteiger partial charge in [0.05, 0.1) is 25.2 Å². The number of benzene rings is 1. The van der Waals surface area contributed by atoms with E-state index in [1.54, 1.807) is 32.4 Å². The summed E-state index contributed by atoms with van der Waals surface area (Å²) in [5, 5.41) is 0. The van der Waals surface area contributed by atoms with Gasteiger partial charge in [-0.25, -0.2) is 0 Å². The lowest BCUT2D eigenvalue weighted by Crippen LogP contribution is -2.55. The van der Waals surface area contributed by atoms with Crippen LogP contribution < -0.4 is 9.47 Å². The Kier molecular flexibility index (Phi) is 2.55. The second-order valence-electron chi connectivity index (χ2n) is 5.01. The van der Waals surface area contributed by atoms with E-state index in [2.05, 4.69) is 0 Å². The first-order valence-corrected chi connectivity index (χ1v) is 6.09. The highest BCUT2D eigenvalue weighted by molar-refractivity contribution is 6.00. The van der Waals surface area contributed by atoms with E-state index in [4.69, 9.17) is 14.2 Å². The van der Waals surface area contributed by atoms with Crippen molar-refractivity contribution in [1.29, 1.82) is 0 Å². The normalized spacial score (nSPS) is 29.4. The Balaban J connectivity index is 1.89. The van der Waals surface area contributed by atoms with Crippen LogP contribution in [0.3, 0.4) is 0 Å². The van der Waals surface area contributed by atoms with Crippen molar-refractivity contribution < 1.29 is 19.0 Å². The summed E-state index contributed by atoms with van der Waals surface area (Å²) in [6.07, 6.45) is 2.23. The summed E-state index contributed by atoms with van der Waals surface area (Å²) in [4.78, 5) is 12.1. The number of ketones is 1. The zero-order valence-corrected chi connectivity index (χ0v) is 10.6. The van der Waals surface area contributed by atoms with Gasteiger partial charge >= 0.3 is 0 Å². The molecule has 0 N–H and O–H groups in total. The van der Waals surface area contributed by atoms with Gasteiger partial charge < -0.3 is 14.2 Å². The second kappa shape index (κ2) is 3.99. The Morgan fingerprint density at radius 1 is 1.33 bits per heavy atom. The molecule has 3 rings (SSSR count). The molecule has 1 aliphatic heterocycles. The minimum absolute atomic E-state index is 0.147. The fourth-order valence-electron chi connectivity index (χ4n) is 2.77. The van der Waals surface area contributed by atoms with E-state index in [0.717, 1.165) is 12.8 Å². The molecular weight excluding hydrogens is 232 g/mol. The van der Waals surface area contributed by atoms with Gasteiger partial charge in [-0.05, 0) is 12.1 Å². The summed E-state index contributed by atoms with van der Waals surface area (Å²) in [6.45, 7) is 0. The second-order valence-corrected chi connectivity index (χ2v) is 5.01. The summed E-state index contributed by atoms with van der Waals surface area (Å²) in [6, 6.07) is 5.35. The molecule has 2 aliphatic rings. The predicted octanol–water partition coefficient (Wildman–Crippen LogP) is 2.21. The molecule has 1 aromatic carbocycles. The summed E-state index contributed by atoms with van der Waals surface area (Å²) in [7, 11) is 3.30. The Bertz CT molecular complexity index is 489. The summed E-state index contributed by atoms with van der Waals surface area (Å²) in [5.41, 5.74) is 0.305. The van der Waals surface area contributed by atoms with Gasteiger partial charge in [0.1, 0.15) is 17.1 Å². The summed E-state index contributed by atoms with van der Waals surface area (Å²) < 4.78 is 16.4. The molecule has 18 heavy (non-hydrogen) atoms. The van der Waals surface area contributed by atoms with Gasteiger partial charge in [0.25, 0.3) is 0 Å². The maximum absolute atomic E-state index is 12.1. The fraction of sp³-hybridized carbons (Fsp3) is 0.500. The lowest BCUT2D eigenvalue weighted by Gasteiger charge is -2.48. The molecule has 0 radical (unpaired) electrons. The van der Waals surface area contributed by atoms with E-state index in [1.807, 2.05) is 0 Å². The van der Waals surface area contributed by atoms with Gasteiger partial charge in [-0.1, -0.05) is 0 Å². The molecule has 1 fully saturated rings. The molecule has 1 saturated carbocycles. The minimum Gasteiger partial charge on any atom is -0.497 e. The van der Waals surface area contributed by atoms with E-state index in [-0.39, 0.29) is 17.5 Å². The number of ether oxygens (including phenoxy) is 3. The van der Waals surface area contributed by atoms with Crippen LogP contribution in [0.5, 0.6) is 11.5 Å². The largest absolute Gasteiger partial charge is 0.497 e. The molecule has 0 atom stereocenters. The maximum Gasteiger partial charge on any atom is 0.170 e. The average molecular weight is 248 g/mol. The molecule has 0 amide bonds. The number of Topliss-reactive ketones (excluding diaryl/α,β-unsaturated/α-hetero) is 1. The molecule has 1 spiro atoms. The number of rotatable bonds is 2. The minimum atomic E-state index is -0.350. The smallest absolute Gasteiger partial charge is 0.170 e. The third kappa shape index (κ3) is 1.68. The van der Waals surface area contributed by atoms with Crippen LogP contribution in [0.4, 0.5) is 0 Å². The average Bonchev–Trinajstić information content (AvgIpc) is 2.34. The van der Waals surface area contributed by atoms with Gasteiger partial charge in [-0.15, -0.1) is 0 Å². The van der Waals surface area contributed by atoms with E-state index in [0.29, 0.717) is 23.5 Å². The Morgan fingerprint density at radius 3 is 2.78 bits per heavy atom. The van der Waals surface area contributed by atoms with Crippen LogP contribution in [0.15, 0.2) is 18.2 Å². The number of carbonyl (C=O) groups is 1. The van der Waals surface area contributed by atoms with Crippen molar-refractivity contribution >= 4 is 5.78 Å². The first-order valence-electron chi connectivity index (χ1n) is 6.09. The summed E-state index contributed by atoms with van der Waals surface area (Å²) >= 11 is 0. The summed E-state index contributed by atoms with van der Waals surface area (Å²) in [5.74, 6) is 1.50. The third-order valence-corrected chi connectivity index (χ3v) is 3.83. The standard InChI is InChI=1S/C14H16O4/c1-16-9-3-4-11-12(15)8-14(18-13(11)5-9)6-10(7-14)17-2/h3-5,10H,6-8H2,1-2H3. The topological polar surface area (TPSA) is 44.8 Å². The zero-order valence-electron chi connectivity index (χ0n) is 10.6. The fourth-order valence-corrected chi connectivity index (χ4v) is 2.77. The van der Waals surface area contributed by atoms with Crippen molar-refractivity contribution in [3.63, 3.8) is 0 Å². The first kappa shape index (κ1) is 11.5. The maximum atomic E-state index is 12.1. The van der Waals surface area contributed by atoms with Crippen molar-refractivity contribution in [3.8, 4) is 11.5 Å². The number of carbonyl (C=O) groups excluding carboxylic acids is 1. The molecule has 0 aromatic heterocycles. The van der Waals surface area contributed by atoms with Crippen molar-refractivity contribution in [2.45, 2.75) is 31.0 Å².